The van der Waals surface area contributed by atoms with Gasteiger partial charge in [-0.15, -0.1) is 0 Å². The van der Waals surface area contributed by atoms with Gasteiger partial charge in [-0.05, 0) is 44.7 Å². The van der Waals surface area contributed by atoms with E-state index in [1.807, 2.05) is 20.9 Å². The van der Waals surface area contributed by atoms with Gasteiger partial charge in [0.05, 0.1) is 10.9 Å². The molecule has 0 aliphatic carbocycles. The van der Waals surface area contributed by atoms with Gasteiger partial charge in [0.25, 0.3) is 5.89 Å². The minimum absolute atomic E-state index is 0.0700. The van der Waals surface area contributed by atoms with Gasteiger partial charge in [-0.2, -0.15) is 4.98 Å². The normalized spacial score (nSPS) is 20.2. The third-order valence-corrected chi connectivity index (χ3v) is 6.24. The predicted molar refractivity (Wildman–Crippen MR) is 98.0 cm³/mol. The van der Waals surface area contributed by atoms with Gasteiger partial charge in [-0.3, -0.25) is 4.90 Å². The fraction of sp³-hybridized carbons (Fsp3) is 0.529. The van der Waals surface area contributed by atoms with Gasteiger partial charge in [-0.25, -0.2) is 13.1 Å². The second-order valence-electron chi connectivity index (χ2n) is 6.61. The maximum Gasteiger partial charge on any atom is 0.257 e. The van der Waals surface area contributed by atoms with Crippen molar-refractivity contribution in [2.45, 2.75) is 37.2 Å². The van der Waals surface area contributed by atoms with E-state index in [9.17, 15) is 8.42 Å². The molecule has 8 nitrogen and oxygen atoms in total. The summed E-state index contributed by atoms with van der Waals surface area (Å²) in [5.74, 6) is 1.02. The number of rotatable bonds is 6. The fourth-order valence-electron chi connectivity index (χ4n) is 2.77. The topological polar surface area (TPSA) is 100 Å². The first-order valence-electron chi connectivity index (χ1n) is 8.78. The lowest BCUT2D eigenvalue weighted by Gasteiger charge is -2.30. The third-order valence-electron chi connectivity index (χ3n) is 4.63. The van der Waals surface area contributed by atoms with Crippen molar-refractivity contribution in [3.8, 4) is 11.5 Å². The highest BCUT2D eigenvalue weighted by atomic mass is 32.2. The maximum atomic E-state index is 12.3. The Bertz CT molecular complexity index is 834. The molecule has 2 atom stereocenters. The van der Waals surface area contributed by atoms with Crippen molar-refractivity contribution in [3.05, 3.63) is 30.1 Å². The molecule has 26 heavy (non-hydrogen) atoms. The molecular formula is C17H25N5O3S. The second-order valence-corrected chi connectivity index (χ2v) is 8.33. The van der Waals surface area contributed by atoms with Gasteiger partial charge in [-0.1, -0.05) is 12.1 Å². The number of piperazine rings is 1. The average Bonchev–Trinajstić information content (AvgIpc) is 3.11. The Balaban J connectivity index is 1.77. The molecule has 1 aromatic heterocycles. The largest absolute Gasteiger partial charge is 0.334 e. The molecule has 9 heteroatoms. The molecule has 1 aliphatic rings. The van der Waals surface area contributed by atoms with E-state index >= 15 is 0 Å². The molecule has 1 fully saturated rings. The molecule has 142 valence electrons. The van der Waals surface area contributed by atoms with Crippen LogP contribution >= 0.6 is 0 Å². The molecule has 0 spiro atoms. The van der Waals surface area contributed by atoms with Gasteiger partial charge < -0.3 is 9.84 Å². The first-order valence-corrected chi connectivity index (χ1v) is 10.3. The van der Waals surface area contributed by atoms with Crippen LogP contribution in [0, 0.1) is 0 Å². The number of likely N-dealkylation sites (N-methyl/N-ethyl adjacent to an activating group) is 1. The van der Waals surface area contributed by atoms with Crippen molar-refractivity contribution in [2.24, 2.45) is 0 Å². The van der Waals surface area contributed by atoms with E-state index in [4.69, 9.17) is 4.52 Å². The molecule has 2 unspecified atom stereocenters. The number of hydrogen-bond acceptors (Lipinski definition) is 7. The number of benzene rings is 1. The molecule has 3 rings (SSSR count). The number of hydrogen-bond donors (Lipinski definition) is 2. The van der Waals surface area contributed by atoms with Crippen molar-refractivity contribution >= 4 is 10.0 Å². The Morgan fingerprint density at radius 1 is 1.38 bits per heavy atom. The van der Waals surface area contributed by atoms with Crippen LogP contribution in [0.5, 0.6) is 0 Å². The standard InChI is InChI=1S/C17H25N5O3S/c1-4-12(2)21-26(23,24)14-7-5-13(6-8-14)17-19-16(20-25-17)15-11-18-9-10-22(15)3/h5-8,12,15,18,21H,4,9-11H2,1-3H3. The summed E-state index contributed by atoms with van der Waals surface area (Å²) in [6, 6.07) is 6.44. The highest BCUT2D eigenvalue weighted by Crippen LogP contribution is 2.24. The van der Waals surface area contributed by atoms with E-state index in [1.54, 1.807) is 24.3 Å². The first kappa shape index (κ1) is 19.0. The van der Waals surface area contributed by atoms with E-state index in [0.29, 0.717) is 17.3 Å². The van der Waals surface area contributed by atoms with Crippen LogP contribution in [-0.2, 0) is 10.0 Å². The Kier molecular flexibility index (Phi) is 5.71. The molecule has 2 aromatic rings. The van der Waals surface area contributed by atoms with Crippen molar-refractivity contribution in [1.82, 2.24) is 25.1 Å². The summed E-state index contributed by atoms with van der Waals surface area (Å²) < 4.78 is 32.7. The van der Waals surface area contributed by atoms with Crippen LogP contribution < -0.4 is 10.0 Å². The van der Waals surface area contributed by atoms with Crippen LogP contribution in [0.1, 0.15) is 32.1 Å². The van der Waals surface area contributed by atoms with Crippen molar-refractivity contribution < 1.29 is 12.9 Å². The van der Waals surface area contributed by atoms with Crippen LogP contribution in [-0.4, -0.2) is 56.2 Å². The number of nitrogens with one attached hydrogen (secondary N) is 2. The molecule has 1 aromatic carbocycles. The summed E-state index contributed by atoms with van der Waals surface area (Å²) in [6.07, 6.45) is 0.729. The van der Waals surface area contributed by atoms with Gasteiger partial charge >= 0.3 is 0 Å². The van der Waals surface area contributed by atoms with Gasteiger partial charge in [0.1, 0.15) is 0 Å². The van der Waals surface area contributed by atoms with E-state index in [1.165, 1.54) is 0 Å². The van der Waals surface area contributed by atoms with E-state index in [0.717, 1.165) is 26.1 Å². The smallest absolute Gasteiger partial charge is 0.257 e. The molecule has 2 heterocycles. The number of sulfonamides is 1. The second kappa shape index (κ2) is 7.83. The van der Waals surface area contributed by atoms with Crippen LogP contribution in [0.3, 0.4) is 0 Å². The van der Waals surface area contributed by atoms with Crippen LogP contribution in [0.2, 0.25) is 0 Å². The summed E-state index contributed by atoms with van der Waals surface area (Å²) in [5, 5.41) is 7.41. The summed E-state index contributed by atoms with van der Waals surface area (Å²) in [7, 11) is -1.49. The van der Waals surface area contributed by atoms with E-state index in [-0.39, 0.29) is 17.0 Å². The van der Waals surface area contributed by atoms with Crippen LogP contribution in [0.4, 0.5) is 0 Å². The summed E-state index contributed by atoms with van der Waals surface area (Å²) in [6.45, 7) is 6.41. The zero-order valence-electron chi connectivity index (χ0n) is 15.3. The van der Waals surface area contributed by atoms with E-state index in [2.05, 4.69) is 25.1 Å². The van der Waals surface area contributed by atoms with Crippen molar-refractivity contribution in [1.29, 1.82) is 0 Å². The molecule has 2 N–H and O–H groups in total. The van der Waals surface area contributed by atoms with Gasteiger partial charge in [0.2, 0.25) is 10.0 Å². The number of nitrogens with zero attached hydrogens (tertiary/aromatic N) is 3. The highest BCUT2D eigenvalue weighted by molar-refractivity contribution is 7.89. The fourth-order valence-corrected chi connectivity index (χ4v) is 4.10. The monoisotopic (exact) mass is 379 g/mol. The Morgan fingerprint density at radius 2 is 2.12 bits per heavy atom. The summed E-state index contributed by atoms with van der Waals surface area (Å²) >= 11 is 0. The summed E-state index contributed by atoms with van der Waals surface area (Å²) in [4.78, 5) is 6.89. The summed E-state index contributed by atoms with van der Waals surface area (Å²) in [5.41, 5.74) is 0.692. The zero-order valence-corrected chi connectivity index (χ0v) is 16.1. The Hall–Kier alpha value is -1.81. The third kappa shape index (κ3) is 4.12. The van der Waals surface area contributed by atoms with Crippen LogP contribution in [0.15, 0.2) is 33.7 Å². The molecule has 0 amide bonds. The molecule has 1 aliphatic heterocycles. The Labute approximate surface area is 154 Å². The minimum atomic E-state index is -3.52. The quantitative estimate of drug-likeness (QED) is 0.782. The molecule has 0 radical (unpaired) electrons. The molecule has 0 bridgehead atoms. The molecular weight excluding hydrogens is 354 g/mol. The van der Waals surface area contributed by atoms with Gasteiger partial charge in [0.15, 0.2) is 5.82 Å². The van der Waals surface area contributed by atoms with Crippen molar-refractivity contribution in [2.75, 3.05) is 26.7 Å². The lowest BCUT2D eigenvalue weighted by atomic mass is 10.2. The molecule has 0 saturated carbocycles. The molecule has 1 saturated heterocycles. The SMILES string of the molecule is CCC(C)NS(=O)(=O)c1ccc(-c2nc(C3CNCCN3C)no2)cc1. The first-order chi connectivity index (χ1) is 12.4. The lowest BCUT2D eigenvalue weighted by molar-refractivity contribution is 0.190. The van der Waals surface area contributed by atoms with Crippen LogP contribution in [0.25, 0.3) is 11.5 Å². The van der Waals surface area contributed by atoms with Crippen molar-refractivity contribution in [3.63, 3.8) is 0 Å². The zero-order chi connectivity index (χ0) is 18.7. The van der Waals surface area contributed by atoms with E-state index < -0.39 is 10.0 Å². The number of aromatic nitrogens is 2. The van der Waals surface area contributed by atoms with Gasteiger partial charge in [0, 0.05) is 31.2 Å². The highest BCUT2D eigenvalue weighted by Gasteiger charge is 2.25. The average molecular weight is 379 g/mol. The predicted octanol–water partition coefficient (Wildman–Crippen LogP) is 1.39. The maximum absolute atomic E-state index is 12.3. The Morgan fingerprint density at radius 3 is 2.77 bits per heavy atom. The minimum Gasteiger partial charge on any atom is -0.334 e. The lowest BCUT2D eigenvalue weighted by Crippen LogP contribution is -2.44.